The summed E-state index contributed by atoms with van der Waals surface area (Å²) in [4.78, 5) is -0.0341. The quantitative estimate of drug-likeness (QED) is 0.695. The Hall–Kier alpha value is -2.25. The molecule has 1 atom stereocenters. The minimum atomic E-state index is -2.22. The van der Waals surface area contributed by atoms with Crippen LogP contribution in [-0.4, -0.2) is 28.9 Å². The molecule has 1 heterocycles. The van der Waals surface area contributed by atoms with Gasteiger partial charge in [0.05, 0.1) is 11.2 Å². The normalized spacial score (nSPS) is 12.7. The Bertz CT molecular complexity index is 785. The number of para-hydroxylation sites is 1. The minimum absolute atomic E-state index is 0.0341. The number of aromatic nitrogens is 3. The van der Waals surface area contributed by atoms with Crippen molar-refractivity contribution in [1.29, 1.82) is 0 Å². The van der Waals surface area contributed by atoms with E-state index in [4.69, 9.17) is 4.55 Å². The fourth-order valence-corrected chi connectivity index (χ4v) is 2.27. The van der Waals surface area contributed by atoms with Gasteiger partial charge in [-0.3, -0.25) is 0 Å². The molecule has 0 saturated heterocycles. The average Bonchev–Trinajstić information content (AvgIpc) is 2.82. The van der Waals surface area contributed by atoms with E-state index in [1.807, 2.05) is 24.3 Å². The van der Waals surface area contributed by atoms with Crippen molar-refractivity contribution in [3.8, 4) is 11.4 Å². The number of fused-ring (bicyclic) bond motifs is 1. The second-order valence-corrected chi connectivity index (χ2v) is 4.83. The van der Waals surface area contributed by atoms with Crippen molar-refractivity contribution in [1.82, 2.24) is 15.0 Å². The molecule has 0 saturated carbocycles. The minimum Gasteiger partial charge on any atom is -0.507 e. The molecule has 2 aromatic carbocycles. The van der Waals surface area contributed by atoms with E-state index in [0.29, 0.717) is 5.69 Å². The maximum absolute atomic E-state index is 10.9. The van der Waals surface area contributed by atoms with Gasteiger partial charge < -0.3 is 9.66 Å². The monoisotopic (exact) mass is 275 g/mol. The number of rotatable bonds is 2. The summed E-state index contributed by atoms with van der Waals surface area (Å²) in [5.74, 6) is -0.252. The van der Waals surface area contributed by atoms with Crippen LogP contribution in [0.1, 0.15) is 0 Å². The van der Waals surface area contributed by atoms with Crippen LogP contribution in [0.25, 0.3) is 16.7 Å². The molecule has 0 amide bonds. The van der Waals surface area contributed by atoms with E-state index in [1.165, 1.54) is 12.1 Å². The van der Waals surface area contributed by atoms with Crippen LogP contribution in [0.2, 0.25) is 0 Å². The predicted molar refractivity (Wildman–Crippen MR) is 69.6 cm³/mol. The number of hydrogen-bond acceptors (Lipinski definition) is 4. The first kappa shape index (κ1) is 11.8. The van der Waals surface area contributed by atoms with Gasteiger partial charge in [-0.15, -0.1) is 5.10 Å². The molecule has 0 aliphatic rings. The fourth-order valence-electron chi connectivity index (χ4n) is 1.84. The second-order valence-electron chi connectivity index (χ2n) is 3.89. The van der Waals surface area contributed by atoms with Crippen LogP contribution in [0.3, 0.4) is 0 Å². The maximum Gasteiger partial charge on any atom is 0.190 e. The van der Waals surface area contributed by atoms with E-state index >= 15 is 0 Å². The molecule has 0 spiro atoms. The molecular weight excluding hydrogens is 266 g/mol. The number of phenols is 1. The third-order valence-electron chi connectivity index (χ3n) is 2.73. The summed E-state index contributed by atoms with van der Waals surface area (Å²) < 4.78 is 21.5. The number of benzene rings is 2. The predicted octanol–water partition coefficient (Wildman–Crippen LogP) is 1.71. The van der Waals surface area contributed by atoms with Gasteiger partial charge in [-0.25, -0.2) is 8.89 Å². The van der Waals surface area contributed by atoms with Gasteiger partial charge in [0.15, 0.2) is 11.1 Å². The number of nitrogens with zero attached hydrogens (tertiary/aromatic N) is 3. The van der Waals surface area contributed by atoms with Crippen molar-refractivity contribution in [3.63, 3.8) is 0 Å². The lowest BCUT2D eigenvalue weighted by Crippen LogP contribution is -1.98. The number of hydrogen-bond donors (Lipinski definition) is 2. The average molecular weight is 275 g/mol. The number of aromatic hydroxyl groups is 1. The van der Waals surface area contributed by atoms with Crippen LogP contribution < -0.4 is 0 Å². The highest BCUT2D eigenvalue weighted by Crippen LogP contribution is 2.25. The fraction of sp³-hybridized carbons (Fsp3) is 0. The summed E-state index contributed by atoms with van der Waals surface area (Å²) in [7, 11) is 0. The molecule has 1 unspecified atom stereocenters. The SMILES string of the molecule is O=S(O)c1ccc(-n2nnc3ccccc32)cc1O. The first-order valence-electron chi connectivity index (χ1n) is 5.41. The zero-order valence-electron chi connectivity index (χ0n) is 9.59. The molecule has 7 heteroatoms. The molecule has 0 fully saturated rings. The first-order chi connectivity index (χ1) is 9.16. The van der Waals surface area contributed by atoms with Crippen molar-refractivity contribution < 1.29 is 13.9 Å². The van der Waals surface area contributed by atoms with Gasteiger partial charge in [-0.2, -0.15) is 0 Å². The van der Waals surface area contributed by atoms with Gasteiger partial charge in [-0.1, -0.05) is 17.3 Å². The summed E-state index contributed by atoms with van der Waals surface area (Å²) >= 11 is -2.22. The molecule has 3 aromatic rings. The smallest absolute Gasteiger partial charge is 0.190 e. The lowest BCUT2D eigenvalue weighted by Gasteiger charge is -2.05. The molecule has 0 aliphatic carbocycles. The summed E-state index contributed by atoms with van der Waals surface area (Å²) in [5.41, 5.74) is 2.09. The Balaban J connectivity index is 2.17. The highest BCUT2D eigenvalue weighted by Gasteiger charge is 2.11. The molecule has 0 aliphatic heterocycles. The highest BCUT2D eigenvalue weighted by atomic mass is 32.2. The van der Waals surface area contributed by atoms with E-state index in [-0.39, 0.29) is 10.6 Å². The molecule has 1 aromatic heterocycles. The standard InChI is InChI=1S/C12H9N3O3S/c16-11-7-8(5-6-12(11)19(17)18)15-10-4-2-1-3-9(10)13-14-15/h1-7,16H,(H,17,18). The molecule has 6 nitrogen and oxygen atoms in total. The molecular formula is C12H9N3O3S. The summed E-state index contributed by atoms with van der Waals surface area (Å²) in [6.07, 6.45) is 0. The summed E-state index contributed by atoms with van der Waals surface area (Å²) in [6, 6.07) is 11.8. The van der Waals surface area contributed by atoms with E-state index in [1.54, 1.807) is 10.7 Å². The van der Waals surface area contributed by atoms with Crippen molar-refractivity contribution in [2.24, 2.45) is 0 Å². The van der Waals surface area contributed by atoms with Gasteiger partial charge in [0, 0.05) is 6.07 Å². The summed E-state index contributed by atoms with van der Waals surface area (Å²) in [6.45, 7) is 0. The van der Waals surface area contributed by atoms with E-state index in [9.17, 15) is 9.32 Å². The van der Waals surface area contributed by atoms with Crippen LogP contribution in [0, 0.1) is 0 Å². The van der Waals surface area contributed by atoms with Gasteiger partial charge in [0.25, 0.3) is 0 Å². The Labute approximate surface area is 110 Å². The summed E-state index contributed by atoms with van der Waals surface area (Å²) in [5, 5.41) is 17.7. The molecule has 3 rings (SSSR count). The third-order valence-corrected chi connectivity index (χ3v) is 3.45. The Morgan fingerprint density at radius 1 is 1.16 bits per heavy atom. The lowest BCUT2D eigenvalue weighted by atomic mass is 10.2. The van der Waals surface area contributed by atoms with E-state index in [0.717, 1.165) is 11.0 Å². The maximum atomic E-state index is 10.9. The largest absolute Gasteiger partial charge is 0.507 e. The zero-order chi connectivity index (χ0) is 13.4. The van der Waals surface area contributed by atoms with E-state index < -0.39 is 11.1 Å². The molecule has 2 N–H and O–H groups in total. The van der Waals surface area contributed by atoms with Gasteiger partial charge in [0.1, 0.15) is 16.2 Å². The molecule has 19 heavy (non-hydrogen) atoms. The topological polar surface area (TPSA) is 88.2 Å². The molecule has 96 valence electrons. The Morgan fingerprint density at radius 3 is 2.68 bits per heavy atom. The zero-order valence-corrected chi connectivity index (χ0v) is 10.4. The first-order valence-corrected chi connectivity index (χ1v) is 6.52. The Morgan fingerprint density at radius 2 is 1.95 bits per heavy atom. The number of phenolic OH excluding ortho intramolecular Hbond substituents is 1. The van der Waals surface area contributed by atoms with Crippen molar-refractivity contribution in [3.05, 3.63) is 42.5 Å². The van der Waals surface area contributed by atoms with Gasteiger partial charge in [0.2, 0.25) is 0 Å². The van der Waals surface area contributed by atoms with Crippen LogP contribution in [0.5, 0.6) is 5.75 Å². The van der Waals surface area contributed by atoms with Gasteiger partial charge >= 0.3 is 0 Å². The van der Waals surface area contributed by atoms with Crippen LogP contribution in [0.4, 0.5) is 0 Å². The Kier molecular flexibility index (Phi) is 2.77. The second kappa shape index (κ2) is 4.45. The molecule has 0 bridgehead atoms. The van der Waals surface area contributed by atoms with Crippen molar-refractivity contribution in [2.45, 2.75) is 4.90 Å². The lowest BCUT2D eigenvalue weighted by molar-refractivity contribution is 0.456. The highest BCUT2D eigenvalue weighted by molar-refractivity contribution is 7.79. The van der Waals surface area contributed by atoms with Gasteiger partial charge in [-0.05, 0) is 24.3 Å². The van der Waals surface area contributed by atoms with Crippen LogP contribution >= 0.6 is 0 Å². The van der Waals surface area contributed by atoms with Crippen molar-refractivity contribution in [2.75, 3.05) is 0 Å². The molecule has 0 radical (unpaired) electrons. The van der Waals surface area contributed by atoms with Crippen LogP contribution in [0.15, 0.2) is 47.4 Å². The van der Waals surface area contributed by atoms with Crippen molar-refractivity contribution >= 4 is 22.1 Å². The third kappa shape index (κ3) is 1.98. The van der Waals surface area contributed by atoms with E-state index in [2.05, 4.69) is 10.3 Å². The van der Waals surface area contributed by atoms with Crippen LogP contribution in [-0.2, 0) is 11.1 Å².